The molecule has 0 aliphatic heterocycles. The van der Waals surface area contributed by atoms with Gasteiger partial charge in [-0.3, -0.25) is 9.59 Å². The number of carbonyl (C=O) groups is 2. The van der Waals surface area contributed by atoms with Gasteiger partial charge in [-0.05, 0) is 48.9 Å². The molecule has 0 aromatic heterocycles. The summed E-state index contributed by atoms with van der Waals surface area (Å²) in [6, 6.07) is 10.0. The molecule has 0 bridgehead atoms. The minimum atomic E-state index is -0.246. The molecule has 0 fully saturated rings. The van der Waals surface area contributed by atoms with Crippen LogP contribution in [0.2, 0.25) is 15.1 Å². The normalized spacial score (nSPS) is 10.4. The number of nitrogens with one attached hydrogen (secondary N) is 2. The Kier molecular flexibility index (Phi) is 7.44. The lowest BCUT2D eigenvalue weighted by Crippen LogP contribution is -2.19. The van der Waals surface area contributed by atoms with Crippen molar-refractivity contribution in [2.75, 3.05) is 22.1 Å². The van der Waals surface area contributed by atoms with Crippen molar-refractivity contribution in [2.24, 2.45) is 0 Å². The number of carbonyl (C=O) groups excluding carboxylic acids is 2. The van der Waals surface area contributed by atoms with Crippen molar-refractivity contribution in [1.82, 2.24) is 0 Å². The van der Waals surface area contributed by atoms with Crippen LogP contribution in [-0.4, -0.2) is 23.3 Å². The minimum absolute atomic E-state index is 0.131. The number of amides is 2. The monoisotopic (exact) mass is 416 g/mol. The van der Waals surface area contributed by atoms with Gasteiger partial charge >= 0.3 is 0 Å². The van der Waals surface area contributed by atoms with Crippen molar-refractivity contribution >= 4 is 69.8 Å². The third kappa shape index (κ3) is 6.44. The molecule has 0 saturated heterocycles. The fourth-order valence-corrected chi connectivity index (χ4v) is 3.27. The lowest BCUT2D eigenvalue weighted by Gasteiger charge is -2.09. The summed E-state index contributed by atoms with van der Waals surface area (Å²) in [5, 5.41) is 6.94. The number of halogens is 3. The third-order valence-corrected chi connectivity index (χ3v) is 4.85. The first-order valence-corrected chi connectivity index (χ1v) is 9.52. The van der Waals surface area contributed by atoms with Crippen molar-refractivity contribution in [2.45, 2.75) is 6.92 Å². The molecule has 8 heteroatoms. The van der Waals surface area contributed by atoms with Gasteiger partial charge in [0.2, 0.25) is 11.8 Å². The predicted octanol–water partition coefficient (Wildman–Crippen LogP) is 5.27. The summed E-state index contributed by atoms with van der Waals surface area (Å²) in [6.45, 7) is 1.86. The highest BCUT2D eigenvalue weighted by Gasteiger charge is 2.09. The van der Waals surface area contributed by atoms with Gasteiger partial charge in [0.25, 0.3) is 0 Å². The van der Waals surface area contributed by atoms with E-state index >= 15 is 0 Å². The highest BCUT2D eigenvalue weighted by atomic mass is 35.5. The Morgan fingerprint density at radius 3 is 1.96 bits per heavy atom. The van der Waals surface area contributed by atoms with E-state index in [9.17, 15) is 9.59 Å². The second-order valence-corrected chi connectivity index (χ2v) is 7.44. The summed E-state index contributed by atoms with van der Waals surface area (Å²) in [6.07, 6.45) is 0. The van der Waals surface area contributed by atoms with E-state index in [-0.39, 0.29) is 23.3 Å². The van der Waals surface area contributed by atoms with Crippen molar-refractivity contribution < 1.29 is 9.59 Å². The summed E-state index contributed by atoms with van der Waals surface area (Å²) in [5.74, 6) is -0.145. The van der Waals surface area contributed by atoms with Gasteiger partial charge in [-0.1, -0.05) is 34.8 Å². The molecule has 2 aromatic rings. The summed E-state index contributed by atoms with van der Waals surface area (Å²) >= 11 is 18.9. The molecule has 2 amide bonds. The Hall–Kier alpha value is -1.40. The van der Waals surface area contributed by atoms with E-state index in [0.29, 0.717) is 26.4 Å². The van der Waals surface area contributed by atoms with Crippen molar-refractivity contribution in [1.29, 1.82) is 0 Å². The molecule has 2 rings (SSSR count). The van der Waals surface area contributed by atoms with E-state index in [1.807, 2.05) is 6.92 Å². The van der Waals surface area contributed by atoms with Gasteiger partial charge in [-0.25, -0.2) is 0 Å². The van der Waals surface area contributed by atoms with Crippen molar-refractivity contribution in [3.63, 3.8) is 0 Å². The van der Waals surface area contributed by atoms with E-state index in [1.54, 1.807) is 36.4 Å². The zero-order chi connectivity index (χ0) is 18.4. The van der Waals surface area contributed by atoms with Gasteiger partial charge in [-0.15, -0.1) is 11.8 Å². The van der Waals surface area contributed by atoms with E-state index < -0.39 is 0 Å². The van der Waals surface area contributed by atoms with E-state index in [2.05, 4.69) is 10.6 Å². The first-order valence-electron chi connectivity index (χ1n) is 7.24. The smallest absolute Gasteiger partial charge is 0.234 e. The van der Waals surface area contributed by atoms with E-state index in [4.69, 9.17) is 34.8 Å². The molecule has 25 heavy (non-hydrogen) atoms. The van der Waals surface area contributed by atoms with Crippen molar-refractivity contribution in [3.8, 4) is 0 Å². The first kappa shape index (κ1) is 19.9. The number of hydrogen-bond acceptors (Lipinski definition) is 3. The Balaban J connectivity index is 1.77. The van der Waals surface area contributed by atoms with Crippen LogP contribution in [0.1, 0.15) is 5.56 Å². The Morgan fingerprint density at radius 1 is 0.880 bits per heavy atom. The Labute approximate surface area is 165 Å². The second-order valence-electron chi connectivity index (χ2n) is 5.17. The lowest BCUT2D eigenvalue weighted by molar-refractivity contribution is -0.114. The van der Waals surface area contributed by atoms with E-state index in [0.717, 1.165) is 5.56 Å². The van der Waals surface area contributed by atoms with Crippen LogP contribution < -0.4 is 10.6 Å². The van der Waals surface area contributed by atoms with E-state index in [1.165, 1.54) is 11.8 Å². The summed E-state index contributed by atoms with van der Waals surface area (Å²) in [5.41, 5.74) is 2.06. The van der Waals surface area contributed by atoms with Gasteiger partial charge in [0, 0.05) is 15.7 Å². The van der Waals surface area contributed by atoms with Gasteiger partial charge in [0.15, 0.2) is 0 Å². The van der Waals surface area contributed by atoms with Crippen LogP contribution in [0.4, 0.5) is 11.4 Å². The van der Waals surface area contributed by atoms with Crippen LogP contribution in [0.3, 0.4) is 0 Å². The largest absolute Gasteiger partial charge is 0.325 e. The lowest BCUT2D eigenvalue weighted by atomic mass is 10.2. The number of benzene rings is 2. The number of thioether (sulfide) groups is 1. The molecule has 2 aromatic carbocycles. The molecule has 0 unspecified atom stereocenters. The molecule has 0 spiro atoms. The molecule has 0 aliphatic carbocycles. The second kappa shape index (κ2) is 9.34. The predicted molar refractivity (Wildman–Crippen MR) is 107 cm³/mol. The zero-order valence-corrected chi connectivity index (χ0v) is 16.3. The maximum Gasteiger partial charge on any atom is 0.234 e. The Bertz CT molecular complexity index is 734. The van der Waals surface area contributed by atoms with Crippen LogP contribution in [0.25, 0.3) is 0 Å². The third-order valence-electron chi connectivity index (χ3n) is 3.13. The fraction of sp³-hybridized carbons (Fsp3) is 0.176. The molecular weight excluding hydrogens is 403 g/mol. The van der Waals surface area contributed by atoms with Crippen molar-refractivity contribution in [3.05, 3.63) is 57.0 Å². The Morgan fingerprint density at radius 2 is 1.40 bits per heavy atom. The quantitative estimate of drug-likeness (QED) is 0.673. The topological polar surface area (TPSA) is 58.2 Å². The van der Waals surface area contributed by atoms with Gasteiger partial charge in [0.1, 0.15) is 0 Å². The molecule has 132 valence electrons. The number of aryl methyl sites for hydroxylation is 1. The van der Waals surface area contributed by atoms with Gasteiger partial charge in [-0.2, -0.15) is 0 Å². The molecule has 0 heterocycles. The van der Waals surface area contributed by atoms with Crippen LogP contribution in [0, 0.1) is 6.92 Å². The van der Waals surface area contributed by atoms with Crippen LogP contribution in [0.15, 0.2) is 36.4 Å². The SMILES string of the molecule is Cc1cc(Cl)ccc1NC(=O)CSCC(=O)Nc1ccc(Cl)cc1Cl. The molecule has 0 aliphatic rings. The first-order chi connectivity index (χ1) is 11.8. The molecule has 0 radical (unpaired) electrons. The zero-order valence-electron chi connectivity index (χ0n) is 13.2. The van der Waals surface area contributed by atoms with Crippen LogP contribution in [-0.2, 0) is 9.59 Å². The highest BCUT2D eigenvalue weighted by Crippen LogP contribution is 2.25. The van der Waals surface area contributed by atoms with Gasteiger partial charge in [0.05, 0.1) is 22.2 Å². The summed E-state index contributed by atoms with van der Waals surface area (Å²) in [4.78, 5) is 23.9. The number of rotatable bonds is 6. The van der Waals surface area contributed by atoms with Gasteiger partial charge < -0.3 is 10.6 Å². The highest BCUT2D eigenvalue weighted by molar-refractivity contribution is 8.00. The fourth-order valence-electron chi connectivity index (χ4n) is 1.97. The maximum absolute atomic E-state index is 11.9. The molecule has 2 N–H and O–H groups in total. The summed E-state index contributed by atoms with van der Waals surface area (Å²) < 4.78 is 0. The molecule has 0 saturated carbocycles. The molecule has 0 atom stereocenters. The number of anilines is 2. The molecule has 4 nitrogen and oxygen atoms in total. The van der Waals surface area contributed by atoms with Crippen LogP contribution >= 0.6 is 46.6 Å². The minimum Gasteiger partial charge on any atom is -0.325 e. The maximum atomic E-state index is 11.9. The van der Waals surface area contributed by atoms with Crippen LogP contribution in [0.5, 0.6) is 0 Å². The summed E-state index contributed by atoms with van der Waals surface area (Å²) in [7, 11) is 0. The standard InChI is InChI=1S/C17H15Cl3N2O2S/c1-10-6-11(18)2-4-14(10)21-16(23)8-25-9-17(24)22-15-5-3-12(19)7-13(15)20/h2-7H,8-9H2,1H3,(H,21,23)(H,22,24). The number of hydrogen-bond donors (Lipinski definition) is 2. The average molecular weight is 418 g/mol. The average Bonchev–Trinajstić information content (AvgIpc) is 2.53. The molecular formula is C17H15Cl3N2O2S.